The molecule has 0 spiro atoms. The third kappa shape index (κ3) is 4.08. The average Bonchev–Trinajstić information content (AvgIpc) is 3.45. The second kappa shape index (κ2) is 8.31. The Morgan fingerprint density at radius 3 is 1.91 bits per heavy atom. The Bertz CT molecular complexity index is 1110. The molecular weight excluding hydrogens is 396 g/mol. The number of carbonyl (C=O) groups excluding carboxylic acids is 1. The van der Waals surface area contributed by atoms with E-state index >= 15 is 0 Å². The third-order valence-electron chi connectivity index (χ3n) is 6.93. The fourth-order valence-electron chi connectivity index (χ4n) is 4.91. The normalized spacial score (nSPS) is 21.5. The van der Waals surface area contributed by atoms with Crippen LogP contribution in [0, 0.1) is 17.8 Å². The summed E-state index contributed by atoms with van der Waals surface area (Å²) in [5, 5.41) is 0. The van der Waals surface area contributed by atoms with Gasteiger partial charge in [0.15, 0.2) is 0 Å². The molecule has 3 nitrogen and oxygen atoms in total. The number of benzene rings is 3. The quantitative estimate of drug-likeness (QED) is 0.245. The minimum atomic E-state index is -0.191. The summed E-state index contributed by atoms with van der Waals surface area (Å²) in [5.41, 5.74) is 2.16. The fourth-order valence-corrected chi connectivity index (χ4v) is 4.91. The fraction of sp³-hybridized carbons (Fsp3) is 0.276. The van der Waals surface area contributed by atoms with Crippen molar-refractivity contribution in [2.75, 3.05) is 0 Å². The Balaban J connectivity index is 1.25. The SMILES string of the molecule is CC(C)(c1ccc(OC(=O)C2CC3C=CC2C3)cc1)c1ccc(Oc2ccccc2)cc1. The van der Waals surface area contributed by atoms with Crippen molar-refractivity contribution in [3.8, 4) is 17.2 Å². The number of esters is 1. The molecule has 5 rings (SSSR count). The zero-order valence-corrected chi connectivity index (χ0v) is 18.5. The van der Waals surface area contributed by atoms with Crippen LogP contribution in [0.2, 0.25) is 0 Å². The van der Waals surface area contributed by atoms with Gasteiger partial charge in [-0.3, -0.25) is 4.79 Å². The van der Waals surface area contributed by atoms with Gasteiger partial charge in [-0.25, -0.2) is 0 Å². The molecule has 3 heteroatoms. The van der Waals surface area contributed by atoms with E-state index in [1.165, 1.54) is 5.56 Å². The van der Waals surface area contributed by atoms with Gasteiger partial charge in [0.1, 0.15) is 17.2 Å². The first-order valence-electron chi connectivity index (χ1n) is 11.3. The third-order valence-corrected chi connectivity index (χ3v) is 6.93. The van der Waals surface area contributed by atoms with E-state index in [4.69, 9.17) is 9.47 Å². The number of allylic oxidation sites excluding steroid dienone is 2. The van der Waals surface area contributed by atoms with Crippen molar-refractivity contribution in [2.45, 2.75) is 32.1 Å². The maximum atomic E-state index is 12.6. The molecule has 0 saturated heterocycles. The summed E-state index contributed by atoms with van der Waals surface area (Å²) in [6, 6.07) is 25.9. The predicted molar refractivity (Wildman–Crippen MR) is 126 cm³/mol. The summed E-state index contributed by atoms with van der Waals surface area (Å²) >= 11 is 0. The van der Waals surface area contributed by atoms with Crippen LogP contribution >= 0.6 is 0 Å². The molecule has 0 radical (unpaired) electrons. The van der Waals surface area contributed by atoms with Gasteiger partial charge in [0.2, 0.25) is 0 Å². The van der Waals surface area contributed by atoms with Crippen molar-refractivity contribution in [3.05, 3.63) is 102 Å². The van der Waals surface area contributed by atoms with Crippen LogP contribution in [0.1, 0.15) is 37.8 Å². The highest BCUT2D eigenvalue weighted by Crippen LogP contribution is 2.44. The Morgan fingerprint density at radius 2 is 1.34 bits per heavy atom. The lowest BCUT2D eigenvalue weighted by atomic mass is 9.78. The van der Waals surface area contributed by atoms with E-state index in [2.05, 4.69) is 50.3 Å². The maximum Gasteiger partial charge on any atom is 0.314 e. The minimum absolute atomic E-state index is 0.0118. The van der Waals surface area contributed by atoms with Crippen LogP contribution in [0.4, 0.5) is 0 Å². The van der Waals surface area contributed by atoms with Gasteiger partial charge in [-0.1, -0.05) is 68.5 Å². The second-order valence-electron chi connectivity index (χ2n) is 9.40. The standard InChI is InChI=1S/C29H28O3/c1-29(2,22-10-14-25(15-11-22)31-24-6-4-3-5-7-24)23-12-16-26(17-13-23)32-28(30)27-19-20-8-9-21(27)18-20/h3-17,20-21,27H,18-19H2,1-2H3. The summed E-state index contributed by atoms with van der Waals surface area (Å²) < 4.78 is 11.6. The van der Waals surface area contributed by atoms with Gasteiger partial charge in [0.05, 0.1) is 5.92 Å². The van der Waals surface area contributed by atoms with E-state index < -0.39 is 0 Å². The summed E-state index contributed by atoms with van der Waals surface area (Å²) in [7, 11) is 0. The van der Waals surface area contributed by atoms with Crippen LogP contribution in [-0.2, 0) is 10.2 Å². The number of hydrogen-bond acceptors (Lipinski definition) is 3. The molecule has 3 aromatic rings. The molecule has 2 aliphatic rings. The number of rotatable bonds is 6. The first kappa shape index (κ1) is 20.6. The van der Waals surface area contributed by atoms with Crippen molar-refractivity contribution >= 4 is 5.97 Å². The van der Waals surface area contributed by atoms with Crippen molar-refractivity contribution < 1.29 is 14.3 Å². The molecule has 0 N–H and O–H groups in total. The lowest BCUT2D eigenvalue weighted by molar-refractivity contribution is -0.139. The van der Waals surface area contributed by atoms with E-state index in [0.29, 0.717) is 17.6 Å². The molecule has 3 aromatic carbocycles. The molecule has 0 aromatic heterocycles. The smallest absolute Gasteiger partial charge is 0.314 e. The van der Waals surface area contributed by atoms with E-state index in [9.17, 15) is 4.79 Å². The Labute approximate surface area is 189 Å². The van der Waals surface area contributed by atoms with Crippen molar-refractivity contribution in [1.29, 1.82) is 0 Å². The van der Waals surface area contributed by atoms with E-state index in [1.54, 1.807) is 0 Å². The van der Waals surface area contributed by atoms with Gasteiger partial charge in [0, 0.05) is 5.41 Å². The topological polar surface area (TPSA) is 35.5 Å². The Hall–Kier alpha value is -3.33. The molecule has 2 bridgehead atoms. The Kier molecular flexibility index (Phi) is 5.34. The van der Waals surface area contributed by atoms with Crippen LogP contribution < -0.4 is 9.47 Å². The van der Waals surface area contributed by atoms with E-state index in [0.717, 1.165) is 29.9 Å². The highest BCUT2D eigenvalue weighted by atomic mass is 16.5. The van der Waals surface area contributed by atoms with Gasteiger partial charge < -0.3 is 9.47 Å². The number of para-hydroxylation sites is 1. The van der Waals surface area contributed by atoms with Crippen LogP contribution in [0.5, 0.6) is 17.2 Å². The molecule has 2 aliphatic carbocycles. The van der Waals surface area contributed by atoms with Gasteiger partial charge in [-0.2, -0.15) is 0 Å². The molecule has 32 heavy (non-hydrogen) atoms. The first-order chi connectivity index (χ1) is 15.5. The van der Waals surface area contributed by atoms with Gasteiger partial charge >= 0.3 is 5.97 Å². The largest absolute Gasteiger partial charge is 0.457 e. The monoisotopic (exact) mass is 424 g/mol. The van der Waals surface area contributed by atoms with E-state index in [-0.39, 0.29) is 17.3 Å². The van der Waals surface area contributed by atoms with Crippen LogP contribution in [0.3, 0.4) is 0 Å². The van der Waals surface area contributed by atoms with Gasteiger partial charge in [0.25, 0.3) is 0 Å². The molecule has 1 saturated carbocycles. The number of carbonyl (C=O) groups is 1. The maximum absolute atomic E-state index is 12.6. The average molecular weight is 425 g/mol. The summed E-state index contributed by atoms with van der Waals surface area (Å²) in [6.45, 7) is 4.39. The lowest BCUT2D eigenvalue weighted by Crippen LogP contribution is -2.24. The molecule has 0 heterocycles. The second-order valence-corrected chi connectivity index (χ2v) is 9.40. The van der Waals surface area contributed by atoms with Gasteiger partial charge in [-0.15, -0.1) is 0 Å². The Morgan fingerprint density at radius 1 is 0.750 bits per heavy atom. The molecule has 162 valence electrons. The van der Waals surface area contributed by atoms with Crippen LogP contribution in [-0.4, -0.2) is 5.97 Å². The van der Waals surface area contributed by atoms with Crippen LogP contribution in [0.15, 0.2) is 91.0 Å². The van der Waals surface area contributed by atoms with Crippen molar-refractivity contribution in [3.63, 3.8) is 0 Å². The molecule has 3 atom stereocenters. The predicted octanol–water partition coefficient (Wildman–Crippen LogP) is 6.92. The molecule has 3 unspecified atom stereocenters. The zero-order chi connectivity index (χ0) is 22.1. The number of ether oxygens (including phenoxy) is 2. The minimum Gasteiger partial charge on any atom is -0.457 e. The van der Waals surface area contributed by atoms with Gasteiger partial charge in [-0.05, 0) is 72.2 Å². The summed E-state index contributed by atoms with van der Waals surface area (Å²) in [6.07, 6.45) is 6.45. The summed E-state index contributed by atoms with van der Waals surface area (Å²) in [5.74, 6) is 3.10. The molecule has 1 fully saturated rings. The van der Waals surface area contributed by atoms with Crippen LogP contribution in [0.25, 0.3) is 0 Å². The molecule has 0 amide bonds. The first-order valence-corrected chi connectivity index (χ1v) is 11.3. The number of hydrogen-bond donors (Lipinski definition) is 0. The molecule has 0 aliphatic heterocycles. The van der Waals surface area contributed by atoms with Crippen molar-refractivity contribution in [1.82, 2.24) is 0 Å². The highest BCUT2D eigenvalue weighted by molar-refractivity contribution is 5.76. The zero-order valence-electron chi connectivity index (χ0n) is 18.5. The number of fused-ring (bicyclic) bond motifs is 2. The lowest BCUT2D eigenvalue weighted by Gasteiger charge is -2.26. The van der Waals surface area contributed by atoms with E-state index in [1.807, 2.05) is 54.6 Å². The summed E-state index contributed by atoms with van der Waals surface area (Å²) in [4.78, 5) is 12.6. The highest BCUT2D eigenvalue weighted by Gasteiger charge is 2.41. The molecular formula is C29H28O3. The van der Waals surface area contributed by atoms with Crippen molar-refractivity contribution in [2.24, 2.45) is 17.8 Å².